The number of β-lactam (4-membered cyclic amide) rings is 1. The van der Waals surface area contributed by atoms with E-state index in [1.807, 2.05) is 206 Å². The molecule has 4 heterocycles. The third-order valence-corrected chi connectivity index (χ3v) is 19.2. The van der Waals surface area contributed by atoms with Crippen molar-refractivity contribution in [2.24, 2.45) is 5.16 Å². The van der Waals surface area contributed by atoms with Crippen LogP contribution in [-0.4, -0.2) is 80.3 Å². The van der Waals surface area contributed by atoms with E-state index in [0.717, 1.165) is 50.9 Å². The van der Waals surface area contributed by atoms with Crippen molar-refractivity contribution in [2.75, 3.05) is 30.8 Å². The lowest BCUT2D eigenvalue weighted by atomic mass is 9.77. The lowest BCUT2D eigenvalue weighted by Crippen LogP contribution is -2.75. The molecule has 2 N–H and O–H groups in total. The highest BCUT2D eigenvalue weighted by Crippen LogP contribution is 2.49. The Balaban J connectivity index is 0.901. The molecule has 1 aromatic heterocycles. The van der Waals surface area contributed by atoms with Gasteiger partial charge in [0.05, 0.1) is 6.61 Å². The van der Waals surface area contributed by atoms with E-state index in [1.165, 1.54) is 34.9 Å². The molecule has 404 valence electrons. The van der Waals surface area contributed by atoms with Crippen molar-refractivity contribution in [3.05, 3.63) is 298 Å². The van der Waals surface area contributed by atoms with Crippen molar-refractivity contribution >= 4 is 63.5 Å². The van der Waals surface area contributed by atoms with Gasteiger partial charge in [0.1, 0.15) is 27.4 Å². The molecule has 14 heteroatoms. The number of carbonyl (C=O) groups is 3. The van der Waals surface area contributed by atoms with E-state index in [4.69, 9.17) is 24.5 Å². The number of anilines is 1. The van der Waals surface area contributed by atoms with E-state index >= 15 is 4.79 Å². The van der Waals surface area contributed by atoms with Gasteiger partial charge in [-0.05, 0) is 34.2 Å². The van der Waals surface area contributed by atoms with Crippen molar-refractivity contribution in [2.45, 2.75) is 45.1 Å². The average molecular weight is 1120 g/mol. The van der Waals surface area contributed by atoms with Gasteiger partial charge in [0.25, 0.3) is 5.91 Å². The third kappa shape index (κ3) is 10.7. The number of fused-ring (bicyclic) bond motifs is 1. The van der Waals surface area contributed by atoms with Crippen molar-refractivity contribution in [1.82, 2.24) is 15.2 Å². The summed E-state index contributed by atoms with van der Waals surface area (Å²) in [5.74, 6) is -1.06. The van der Waals surface area contributed by atoms with Gasteiger partial charge in [-0.2, -0.15) is 0 Å². The third-order valence-electron chi connectivity index (χ3n) is 15.1. The first-order valence-electron chi connectivity index (χ1n) is 27.0. The Kier molecular flexibility index (Phi) is 15.7. The molecular weight excluding hydrogens is 1070 g/mol. The van der Waals surface area contributed by atoms with Gasteiger partial charge >= 0.3 is 5.97 Å². The fourth-order valence-corrected chi connectivity index (χ4v) is 15.1. The predicted molar refractivity (Wildman–Crippen MR) is 322 cm³/mol. The van der Waals surface area contributed by atoms with Gasteiger partial charge in [-0.25, -0.2) is 4.98 Å². The Morgan fingerprint density at radius 1 is 0.654 bits per heavy atom. The summed E-state index contributed by atoms with van der Waals surface area (Å²) in [5.41, 5.74) is 4.76. The normalized spacial score (nSPS) is 19.0. The molecule has 0 saturated carbocycles. The molecule has 0 aliphatic carbocycles. The zero-order chi connectivity index (χ0) is 55.1. The fourth-order valence-electron chi connectivity index (χ4n) is 11.1. The van der Waals surface area contributed by atoms with Crippen LogP contribution in [0.15, 0.2) is 253 Å². The molecule has 0 spiro atoms. The number of benzene rings is 8. The Hall–Kier alpha value is -8.27. The van der Waals surface area contributed by atoms with Crippen LogP contribution in [0.4, 0.5) is 5.13 Å². The summed E-state index contributed by atoms with van der Waals surface area (Å²) >= 11 is 4.32. The van der Waals surface area contributed by atoms with Gasteiger partial charge in [0, 0.05) is 46.2 Å². The van der Waals surface area contributed by atoms with Crippen LogP contribution in [0.5, 0.6) is 0 Å². The standard InChI is InChI=1S/C67H57N5O6S3/c73-60(69-58-61(74)72-45-65(46-80-62(58)72,81-55-41-42-76-43-55)63(75)77-59(47-25-9-1-10-26-47)48-27-11-2-12-28-48)57(71-78-67(52-35-19-6-20-36-52,53-37-21-7-22-38-53)54-39-23-8-24-40-54)56-44-79-64(68-56)70-66(49-29-13-3-14-30-49,50-31-15-4-16-32-50)51-33-17-5-18-34-51/h1-40,44,55,58-59,62H,41-43,45-46H2,(H,68,70)(H,69,73)/t55?,58?,62-,65?/m1/s1. The second-order valence-corrected chi connectivity index (χ2v) is 23.8. The van der Waals surface area contributed by atoms with E-state index in [9.17, 15) is 9.59 Å². The van der Waals surface area contributed by atoms with Gasteiger partial charge in [0.15, 0.2) is 16.9 Å². The van der Waals surface area contributed by atoms with Gasteiger partial charge < -0.3 is 29.8 Å². The van der Waals surface area contributed by atoms with E-state index in [-0.39, 0.29) is 29.1 Å². The lowest BCUT2D eigenvalue weighted by Gasteiger charge is -2.54. The molecule has 3 aliphatic rings. The molecule has 3 unspecified atom stereocenters. The number of oxime groups is 1. The van der Waals surface area contributed by atoms with Crippen molar-refractivity contribution in [1.29, 1.82) is 0 Å². The number of thiazole rings is 1. The zero-order valence-corrected chi connectivity index (χ0v) is 46.5. The first kappa shape index (κ1) is 53.4. The van der Waals surface area contributed by atoms with Gasteiger partial charge in [-0.1, -0.05) is 248 Å². The number of esters is 1. The van der Waals surface area contributed by atoms with Crippen LogP contribution in [-0.2, 0) is 39.8 Å². The second-order valence-electron chi connectivity index (χ2n) is 20.1. The molecule has 4 atom stereocenters. The predicted octanol–water partition coefficient (Wildman–Crippen LogP) is 12.3. The molecule has 3 aliphatic heterocycles. The lowest BCUT2D eigenvalue weighted by molar-refractivity contribution is -0.155. The van der Waals surface area contributed by atoms with Crippen LogP contribution in [0.2, 0.25) is 0 Å². The number of carbonyl (C=O) groups excluding carboxylic acids is 3. The minimum absolute atomic E-state index is 0.0257. The number of ether oxygens (including phenoxy) is 2. The van der Waals surface area contributed by atoms with E-state index < -0.39 is 45.3 Å². The number of hydrogen-bond donors (Lipinski definition) is 2. The fraction of sp³-hybridized carbons (Fsp3) is 0.179. The van der Waals surface area contributed by atoms with Crippen molar-refractivity contribution < 1.29 is 28.7 Å². The number of aromatic nitrogens is 1. The highest BCUT2D eigenvalue weighted by Gasteiger charge is 2.59. The Bertz CT molecular complexity index is 3370. The van der Waals surface area contributed by atoms with Crippen molar-refractivity contribution in [3.8, 4) is 0 Å². The summed E-state index contributed by atoms with van der Waals surface area (Å²) in [6.45, 7) is 1.18. The number of amides is 2. The number of rotatable bonds is 19. The number of nitrogens with one attached hydrogen (secondary N) is 2. The monoisotopic (exact) mass is 1120 g/mol. The molecule has 3 fully saturated rings. The number of thioether (sulfide) groups is 2. The van der Waals surface area contributed by atoms with E-state index in [0.29, 0.717) is 24.1 Å². The first-order valence-corrected chi connectivity index (χ1v) is 29.8. The minimum Gasteiger partial charge on any atom is -0.451 e. The topological polar surface area (TPSA) is 131 Å². The molecule has 8 aromatic carbocycles. The van der Waals surface area contributed by atoms with Crippen LogP contribution in [0.3, 0.4) is 0 Å². The highest BCUT2D eigenvalue weighted by molar-refractivity contribution is 8.05. The zero-order valence-electron chi connectivity index (χ0n) is 44.0. The summed E-state index contributed by atoms with van der Waals surface area (Å²) in [6.07, 6.45) is 0.0988. The number of nitrogens with zero attached hydrogens (tertiary/aromatic N) is 3. The summed E-state index contributed by atoms with van der Waals surface area (Å²) < 4.78 is 11.3. The van der Waals surface area contributed by atoms with E-state index in [1.54, 1.807) is 10.3 Å². The molecule has 0 bridgehead atoms. The summed E-state index contributed by atoms with van der Waals surface area (Å²) in [6, 6.07) is 78.5. The molecule has 3 saturated heterocycles. The van der Waals surface area contributed by atoms with Crippen LogP contribution < -0.4 is 10.6 Å². The van der Waals surface area contributed by atoms with Crippen LogP contribution in [0.1, 0.15) is 62.7 Å². The minimum atomic E-state index is -1.35. The van der Waals surface area contributed by atoms with Gasteiger partial charge in [-0.3, -0.25) is 14.4 Å². The molecule has 2 amide bonds. The molecule has 81 heavy (non-hydrogen) atoms. The highest BCUT2D eigenvalue weighted by atomic mass is 32.2. The average Bonchev–Trinajstić information content (AvgIpc) is 4.34. The largest absolute Gasteiger partial charge is 0.451 e. The van der Waals surface area contributed by atoms with Gasteiger partial charge in [0.2, 0.25) is 11.5 Å². The first-order chi connectivity index (χ1) is 39.8. The van der Waals surface area contributed by atoms with Crippen LogP contribution in [0, 0.1) is 0 Å². The molecule has 0 radical (unpaired) electrons. The summed E-state index contributed by atoms with van der Waals surface area (Å²) in [7, 11) is 0. The van der Waals surface area contributed by atoms with Gasteiger partial charge in [-0.15, -0.1) is 34.9 Å². The smallest absolute Gasteiger partial charge is 0.325 e. The maximum absolute atomic E-state index is 15.5. The SMILES string of the molecule is O=C(NC1C(=O)N2CC(SC3CCOC3)(C(=O)OC(c3ccccc3)c3ccccc3)CS[C@H]12)C(=NOC(c1ccccc1)(c1ccccc1)c1ccccc1)c1csc(NC(c2ccccc2)(c2ccccc2)c2ccccc2)n1. The number of hydrogen-bond acceptors (Lipinski definition) is 12. The molecule has 12 rings (SSSR count). The Morgan fingerprint density at radius 2 is 1.11 bits per heavy atom. The second kappa shape index (κ2) is 23.8. The van der Waals surface area contributed by atoms with Crippen LogP contribution in [0.25, 0.3) is 0 Å². The summed E-state index contributed by atoms with van der Waals surface area (Å²) in [4.78, 5) is 59.1. The molecule has 9 aromatic rings. The van der Waals surface area contributed by atoms with Crippen LogP contribution >= 0.6 is 34.9 Å². The Morgan fingerprint density at radius 3 is 1.57 bits per heavy atom. The summed E-state index contributed by atoms with van der Waals surface area (Å²) in [5, 5.41) is 13.7. The Labute approximate surface area is 483 Å². The van der Waals surface area contributed by atoms with Crippen molar-refractivity contribution in [3.63, 3.8) is 0 Å². The maximum Gasteiger partial charge on any atom is 0.325 e. The quantitative estimate of drug-likeness (QED) is 0.0265. The molecular formula is C67H57N5O6S3. The maximum atomic E-state index is 15.5. The van der Waals surface area contributed by atoms with E-state index in [2.05, 4.69) is 47.0 Å². The molecule has 11 nitrogen and oxygen atoms in total.